The molecule has 0 N–H and O–H groups in total. The summed E-state index contributed by atoms with van der Waals surface area (Å²) in [6.45, 7) is 16.8. The van der Waals surface area contributed by atoms with Crippen LogP contribution in [-0.2, 0) is 16.2 Å². The predicted molar refractivity (Wildman–Crippen MR) is 300 cm³/mol. The highest BCUT2D eigenvalue weighted by Gasteiger charge is 2.40. The molecule has 0 radical (unpaired) electrons. The number of allylic oxidation sites excluding steroid dienone is 4. The van der Waals surface area contributed by atoms with Gasteiger partial charge < -0.3 is 0 Å². The number of benzene rings is 9. The van der Waals surface area contributed by atoms with E-state index in [1.54, 1.807) is 0 Å². The SMILES string of the molecule is CC(C)(C)c1cc(-c2cc3c4c(c2)Sc2cc(C(C)(C)C5C=CC=CC5)ccc2B4c2ccc(C(C)(C)c4ccccc4)cc2S3)cc(-c2c3ccccc3c(-c3ccccc3)c3ccccc23)c1. The second-order valence-corrected chi connectivity index (χ2v) is 23.8. The average molecular weight is 925 g/mol. The molecule has 3 heteroatoms. The minimum absolute atomic E-state index is 0.0141. The van der Waals surface area contributed by atoms with Crippen LogP contribution in [0.25, 0.3) is 54.9 Å². The summed E-state index contributed by atoms with van der Waals surface area (Å²) in [5.41, 5.74) is 17.1. The van der Waals surface area contributed by atoms with E-state index in [1.165, 1.54) is 113 Å². The van der Waals surface area contributed by atoms with Crippen LogP contribution < -0.4 is 16.4 Å². The zero-order valence-electron chi connectivity index (χ0n) is 40.7. The van der Waals surface area contributed by atoms with Crippen LogP contribution in [-0.4, -0.2) is 6.71 Å². The Hall–Kier alpha value is -6.26. The van der Waals surface area contributed by atoms with Crippen LogP contribution in [0.2, 0.25) is 0 Å². The highest BCUT2D eigenvalue weighted by Crippen LogP contribution is 2.48. The van der Waals surface area contributed by atoms with Crippen molar-refractivity contribution < 1.29 is 0 Å². The van der Waals surface area contributed by atoms with Crippen molar-refractivity contribution in [3.05, 3.63) is 222 Å². The largest absolute Gasteiger partial charge is 0.247 e. The van der Waals surface area contributed by atoms with Crippen LogP contribution in [0.5, 0.6) is 0 Å². The third-order valence-electron chi connectivity index (χ3n) is 15.8. The average Bonchev–Trinajstić information content (AvgIpc) is 3.37. The molecule has 12 rings (SSSR count). The van der Waals surface area contributed by atoms with Crippen molar-refractivity contribution in [3.8, 4) is 33.4 Å². The number of hydrogen-bond donors (Lipinski definition) is 0. The Morgan fingerprint density at radius 1 is 0.420 bits per heavy atom. The normalized spacial score (nSPS) is 15.3. The van der Waals surface area contributed by atoms with Gasteiger partial charge in [-0.2, -0.15) is 0 Å². The van der Waals surface area contributed by atoms with Gasteiger partial charge in [-0.1, -0.05) is 253 Å². The maximum Gasteiger partial charge on any atom is 0.247 e. The summed E-state index contributed by atoms with van der Waals surface area (Å²) < 4.78 is 0. The Bertz CT molecular complexity index is 3510. The van der Waals surface area contributed by atoms with E-state index in [9.17, 15) is 0 Å². The first-order valence-electron chi connectivity index (χ1n) is 24.7. The van der Waals surface area contributed by atoms with E-state index in [2.05, 4.69) is 249 Å². The molecule has 0 saturated carbocycles. The fourth-order valence-electron chi connectivity index (χ4n) is 11.5. The number of hydrogen-bond acceptors (Lipinski definition) is 2. The summed E-state index contributed by atoms with van der Waals surface area (Å²) >= 11 is 3.95. The van der Waals surface area contributed by atoms with E-state index in [4.69, 9.17) is 0 Å². The molecule has 9 aromatic carbocycles. The van der Waals surface area contributed by atoms with Crippen molar-refractivity contribution in [2.75, 3.05) is 0 Å². The van der Waals surface area contributed by atoms with Crippen molar-refractivity contribution in [1.82, 2.24) is 0 Å². The number of fused-ring (bicyclic) bond motifs is 6. The van der Waals surface area contributed by atoms with Gasteiger partial charge in [-0.25, -0.2) is 0 Å². The van der Waals surface area contributed by atoms with Crippen LogP contribution in [0.3, 0.4) is 0 Å². The Balaban J connectivity index is 1.06. The van der Waals surface area contributed by atoms with Gasteiger partial charge in [0, 0.05) is 25.0 Å². The quantitative estimate of drug-likeness (QED) is 0.115. The van der Waals surface area contributed by atoms with Gasteiger partial charge in [-0.3, -0.25) is 0 Å². The minimum atomic E-state index is -0.148. The fourth-order valence-corrected chi connectivity index (χ4v) is 14.1. The van der Waals surface area contributed by atoms with Crippen molar-refractivity contribution in [3.63, 3.8) is 0 Å². The molecular formula is C66H57BS2. The van der Waals surface area contributed by atoms with Gasteiger partial charge in [0.1, 0.15) is 0 Å². The summed E-state index contributed by atoms with van der Waals surface area (Å²) in [6.07, 6.45) is 10.2. The summed E-state index contributed by atoms with van der Waals surface area (Å²) in [5.74, 6) is 0.450. The van der Waals surface area contributed by atoms with Gasteiger partial charge in [-0.05, 0) is 136 Å². The molecule has 2 heterocycles. The van der Waals surface area contributed by atoms with Crippen molar-refractivity contribution in [1.29, 1.82) is 0 Å². The molecule has 0 amide bonds. The Labute approximate surface area is 418 Å². The molecule has 1 atom stereocenters. The molecular weight excluding hydrogens is 868 g/mol. The summed E-state index contributed by atoms with van der Waals surface area (Å²) in [6, 6.07) is 67.4. The molecule has 3 aliphatic rings. The van der Waals surface area contributed by atoms with Crippen LogP contribution in [0.4, 0.5) is 0 Å². The fraction of sp³-hybridized carbons (Fsp3) is 0.182. The maximum absolute atomic E-state index is 2.55. The number of rotatable bonds is 7. The van der Waals surface area contributed by atoms with E-state index in [-0.39, 0.29) is 23.0 Å². The van der Waals surface area contributed by atoms with Gasteiger partial charge in [0.05, 0.1) is 0 Å². The molecule has 1 aliphatic carbocycles. The molecule has 2 aliphatic heterocycles. The van der Waals surface area contributed by atoms with Crippen LogP contribution in [0.15, 0.2) is 220 Å². The zero-order chi connectivity index (χ0) is 47.2. The third kappa shape index (κ3) is 7.47. The second kappa shape index (κ2) is 16.7. The Kier molecular flexibility index (Phi) is 10.7. The van der Waals surface area contributed by atoms with Gasteiger partial charge in [-0.15, -0.1) is 0 Å². The van der Waals surface area contributed by atoms with E-state index >= 15 is 0 Å². The maximum atomic E-state index is 2.55. The third-order valence-corrected chi connectivity index (χ3v) is 18.0. The van der Waals surface area contributed by atoms with Gasteiger partial charge in [0.15, 0.2) is 0 Å². The first-order chi connectivity index (χ1) is 33.3. The molecule has 0 nitrogen and oxygen atoms in total. The predicted octanol–water partition coefficient (Wildman–Crippen LogP) is 16.5. The Morgan fingerprint density at radius 3 is 1.49 bits per heavy atom. The Morgan fingerprint density at radius 2 is 0.928 bits per heavy atom. The van der Waals surface area contributed by atoms with Crippen molar-refractivity contribution >= 4 is 68.2 Å². The van der Waals surface area contributed by atoms with Crippen molar-refractivity contribution in [2.24, 2.45) is 5.92 Å². The molecule has 0 aromatic heterocycles. The monoisotopic (exact) mass is 924 g/mol. The lowest BCUT2D eigenvalue weighted by molar-refractivity contribution is 0.382. The van der Waals surface area contributed by atoms with Gasteiger partial charge >= 0.3 is 0 Å². The van der Waals surface area contributed by atoms with Gasteiger partial charge in [0.25, 0.3) is 0 Å². The molecule has 0 saturated heterocycles. The first-order valence-corrected chi connectivity index (χ1v) is 26.3. The first kappa shape index (κ1) is 44.0. The highest BCUT2D eigenvalue weighted by atomic mass is 32.2. The molecule has 9 aromatic rings. The lowest BCUT2D eigenvalue weighted by Gasteiger charge is -2.37. The van der Waals surface area contributed by atoms with Crippen LogP contribution >= 0.6 is 23.5 Å². The topological polar surface area (TPSA) is 0 Å². The second-order valence-electron chi connectivity index (χ2n) is 21.7. The summed E-state index contributed by atoms with van der Waals surface area (Å²) in [5, 5.41) is 5.12. The molecule has 336 valence electrons. The van der Waals surface area contributed by atoms with Crippen LogP contribution in [0.1, 0.15) is 77.1 Å². The van der Waals surface area contributed by atoms with E-state index in [0.29, 0.717) is 5.92 Å². The highest BCUT2D eigenvalue weighted by molar-refractivity contribution is 8.01. The lowest BCUT2D eigenvalue weighted by Crippen LogP contribution is -2.58. The molecule has 0 spiro atoms. The smallest absolute Gasteiger partial charge is 0.0911 e. The summed E-state index contributed by atoms with van der Waals surface area (Å²) in [4.78, 5) is 5.47. The standard InChI is InChI=1S/C66H57BS2/c1-64(2,3)50-36-43(35-45(37-50)62-53-29-19-17-27-51(53)61(42-21-11-8-12-22-42)52-28-18-20-30-54(52)62)44-38-59-63-60(39-44)69-58-41-49(66(6,7)47-25-15-10-16-26-47)32-34-56(58)67(63)55-33-31-48(40-57(55)68-59)65(4,5)46-23-13-9-14-24-46/h8-25,27-41,47H,26H2,1-7H3. The molecule has 0 bridgehead atoms. The molecule has 69 heavy (non-hydrogen) atoms. The van der Waals surface area contributed by atoms with Crippen molar-refractivity contribution in [2.45, 2.75) is 90.7 Å². The lowest BCUT2D eigenvalue weighted by atomic mass is 9.36. The van der Waals surface area contributed by atoms with E-state index < -0.39 is 0 Å². The van der Waals surface area contributed by atoms with Crippen LogP contribution in [0, 0.1) is 5.92 Å². The summed E-state index contributed by atoms with van der Waals surface area (Å²) in [7, 11) is 0. The minimum Gasteiger partial charge on any atom is -0.0911 e. The van der Waals surface area contributed by atoms with Gasteiger partial charge in [0.2, 0.25) is 6.71 Å². The molecule has 0 fully saturated rings. The van der Waals surface area contributed by atoms with E-state index in [1.807, 2.05) is 23.5 Å². The van der Waals surface area contributed by atoms with E-state index in [0.717, 1.165) is 6.42 Å². The zero-order valence-corrected chi connectivity index (χ0v) is 42.4. The molecule has 1 unspecified atom stereocenters.